The second kappa shape index (κ2) is 8.62. The van der Waals surface area contributed by atoms with E-state index in [-0.39, 0.29) is 22.0 Å². The molecule has 1 fully saturated rings. The van der Waals surface area contributed by atoms with E-state index < -0.39 is 29.4 Å². The summed E-state index contributed by atoms with van der Waals surface area (Å²) in [5.41, 5.74) is 0.381. The predicted molar refractivity (Wildman–Crippen MR) is 126 cm³/mol. The number of carbonyl (C=O) groups excluding carboxylic acids is 2. The van der Waals surface area contributed by atoms with Gasteiger partial charge in [-0.25, -0.2) is 13.8 Å². The van der Waals surface area contributed by atoms with E-state index in [1.807, 2.05) is 6.92 Å². The maximum Gasteiger partial charge on any atom is 0.301 e. The number of hydrogen-bond acceptors (Lipinski definition) is 7. The molecule has 6 nitrogen and oxygen atoms in total. The molecule has 0 aliphatic carbocycles. The molecule has 0 saturated carbocycles. The number of ketones is 1. The molecule has 10 heteroatoms. The molecule has 3 heterocycles. The van der Waals surface area contributed by atoms with Gasteiger partial charge in [-0.1, -0.05) is 29.5 Å². The van der Waals surface area contributed by atoms with Crippen molar-refractivity contribution >= 4 is 55.5 Å². The third kappa shape index (κ3) is 3.64. The third-order valence-corrected chi connectivity index (χ3v) is 7.24. The lowest BCUT2D eigenvalue weighted by atomic mass is 10.00. The Morgan fingerprint density at radius 2 is 1.94 bits per heavy atom. The molecular formula is C24H16F2N2O4S2. The first-order valence-corrected chi connectivity index (χ1v) is 11.9. The highest BCUT2D eigenvalue weighted by atomic mass is 32.1. The SMILES string of the molecule is CCOc1cccc(/C(O)=C2\C(=O)C(=O)N(c3nc4cc(F)c(F)cc4s3)C2c2cccs2)c1. The van der Waals surface area contributed by atoms with Crippen molar-refractivity contribution in [2.45, 2.75) is 13.0 Å². The van der Waals surface area contributed by atoms with Gasteiger partial charge in [0.1, 0.15) is 17.6 Å². The fourth-order valence-electron chi connectivity index (χ4n) is 3.82. The number of thiophene rings is 1. The van der Waals surface area contributed by atoms with Crippen molar-refractivity contribution in [3.8, 4) is 5.75 Å². The molecule has 2 aromatic carbocycles. The van der Waals surface area contributed by atoms with Crippen molar-refractivity contribution in [1.29, 1.82) is 0 Å². The molecule has 4 aromatic rings. The van der Waals surface area contributed by atoms with Crippen LogP contribution < -0.4 is 9.64 Å². The molecule has 1 aliphatic heterocycles. The Labute approximate surface area is 200 Å². The number of ether oxygens (including phenoxy) is 1. The lowest BCUT2D eigenvalue weighted by molar-refractivity contribution is -0.132. The summed E-state index contributed by atoms with van der Waals surface area (Å²) in [5.74, 6) is -3.71. The summed E-state index contributed by atoms with van der Waals surface area (Å²) >= 11 is 2.26. The number of rotatable bonds is 5. The van der Waals surface area contributed by atoms with Crippen LogP contribution in [0.3, 0.4) is 0 Å². The Balaban J connectivity index is 1.68. The fourth-order valence-corrected chi connectivity index (χ4v) is 5.64. The number of aliphatic hydroxyl groups is 1. The number of aromatic nitrogens is 1. The van der Waals surface area contributed by atoms with Gasteiger partial charge >= 0.3 is 5.91 Å². The Morgan fingerprint density at radius 3 is 2.68 bits per heavy atom. The topological polar surface area (TPSA) is 79.7 Å². The van der Waals surface area contributed by atoms with Crippen LogP contribution in [0, 0.1) is 11.6 Å². The van der Waals surface area contributed by atoms with Crippen LogP contribution in [0.4, 0.5) is 13.9 Å². The lowest BCUT2D eigenvalue weighted by Gasteiger charge is -2.21. The van der Waals surface area contributed by atoms with Gasteiger partial charge in [-0.2, -0.15) is 0 Å². The first-order chi connectivity index (χ1) is 16.4. The summed E-state index contributed by atoms with van der Waals surface area (Å²) in [6.45, 7) is 2.24. The number of thiazole rings is 1. The Bertz CT molecular complexity index is 1420. The van der Waals surface area contributed by atoms with Crippen molar-refractivity contribution in [3.05, 3.63) is 81.6 Å². The van der Waals surface area contributed by atoms with Gasteiger partial charge in [-0.15, -0.1) is 11.3 Å². The number of benzene rings is 2. The molecule has 0 radical (unpaired) electrons. The zero-order valence-electron chi connectivity index (χ0n) is 17.6. The molecule has 1 unspecified atom stereocenters. The van der Waals surface area contributed by atoms with Gasteiger partial charge in [0.05, 0.1) is 22.4 Å². The normalized spacial score (nSPS) is 17.6. The molecule has 1 atom stereocenters. The van der Waals surface area contributed by atoms with Crippen molar-refractivity contribution in [1.82, 2.24) is 4.98 Å². The minimum atomic E-state index is -1.06. The highest BCUT2D eigenvalue weighted by Crippen LogP contribution is 2.45. The van der Waals surface area contributed by atoms with E-state index in [0.29, 0.717) is 27.5 Å². The zero-order chi connectivity index (χ0) is 24.0. The monoisotopic (exact) mass is 498 g/mol. The number of amides is 1. The quantitative estimate of drug-likeness (QED) is 0.218. The Morgan fingerprint density at radius 1 is 1.15 bits per heavy atom. The smallest absolute Gasteiger partial charge is 0.301 e. The van der Waals surface area contributed by atoms with Gasteiger partial charge in [-0.05, 0) is 36.6 Å². The highest BCUT2D eigenvalue weighted by Gasteiger charge is 2.48. The summed E-state index contributed by atoms with van der Waals surface area (Å²) in [5, 5.41) is 13.0. The van der Waals surface area contributed by atoms with Crippen molar-refractivity contribution in [2.75, 3.05) is 11.5 Å². The van der Waals surface area contributed by atoms with E-state index in [1.165, 1.54) is 16.2 Å². The second-order valence-electron chi connectivity index (χ2n) is 7.38. The largest absolute Gasteiger partial charge is 0.507 e. The van der Waals surface area contributed by atoms with E-state index in [4.69, 9.17) is 4.74 Å². The number of nitrogens with zero attached hydrogens (tertiary/aromatic N) is 2. The van der Waals surface area contributed by atoms with Crippen molar-refractivity contribution in [3.63, 3.8) is 0 Å². The molecule has 0 bridgehead atoms. The van der Waals surface area contributed by atoms with Crippen LogP contribution in [-0.4, -0.2) is 28.4 Å². The second-order valence-corrected chi connectivity index (χ2v) is 9.36. The van der Waals surface area contributed by atoms with E-state index in [9.17, 15) is 23.5 Å². The fraction of sp³-hybridized carbons (Fsp3) is 0.125. The number of halogens is 2. The summed E-state index contributed by atoms with van der Waals surface area (Å²) in [7, 11) is 0. The minimum absolute atomic E-state index is 0.0993. The maximum absolute atomic E-state index is 13.7. The molecule has 172 valence electrons. The lowest BCUT2D eigenvalue weighted by Crippen LogP contribution is -2.28. The average molecular weight is 499 g/mol. The summed E-state index contributed by atoms with van der Waals surface area (Å²) in [6, 6.07) is 11.1. The first-order valence-electron chi connectivity index (χ1n) is 10.2. The molecule has 0 spiro atoms. The van der Waals surface area contributed by atoms with Gasteiger partial charge in [0.2, 0.25) is 0 Å². The van der Waals surface area contributed by atoms with Crippen LogP contribution in [0.2, 0.25) is 0 Å². The van der Waals surface area contributed by atoms with Gasteiger partial charge in [0.15, 0.2) is 16.8 Å². The Hall–Kier alpha value is -3.63. The predicted octanol–water partition coefficient (Wildman–Crippen LogP) is 5.66. The van der Waals surface area contributed by atoms with Crippen LogP contribution in [-0.2, 0) is 9.59 Å². The molecular weight excluding hydrogens is 482 g/mol. The number of anilines is 1. The van der Waals surface area contributed by atoms with Crippen LogP contribution >= 0.6 is 22.7 Å². The van der Waals surface area contributed by atoms with E-state index in [0.717, 1.165) is 23.5 Å². The third-order valence-electron chi connectivity index (χ3n) is 5.30. The number of Topliss-reactive ketones (excluding diaryl/α,β-unsaturated/α-hetero) is 1. The number of carbonyl (C=O) groups is 2. The number of fused-ring (bicyclic) bond motifs is 1. The van der Waals surface area contributed by atoms with E-state index in [2.05, 4.69) is 4.98 Å². The molecule has 34 heavy (non-hydrogen) atoms. The van der Waals surface area contributed by atoms with Crippen molar-refractivity contribution in [2.24, 2.45) is 0 Å². The molecule has 1 aliphatic rings. The molecule has 1 saturated heterocycles. The Kier molecular flexibility index (Phi) is 5.62. The van der Waals surface area contributed by atoms with E-state index in [1.54, 1.807) is 41.8 Å². The highest BCUT2D eigenvalue weighted by molar-refractivity contribution is 7.22. The van der Waals surface area contributed by atoms with Gasteiger partial charge < -0.3 is 9.84 Å². The number of aliphatic hydroxyl groups excluding tert-OH is 1. The van der Waals surface area contributed by atoms with Crippen LogP contribution in [0.25, 0.3) is 16.0 Å². The standard InChI is InChI=1S/C24H16F2N2O4S2/c1-2-32-13-6-3-5-12(9-13)21(29)19-20(17-7-4-8-33-17)28(23(31)22(19)30)24-27-16-10-14(25)15(26)11-18(16)34-24/h3-11,20,29H,2H2,1H3/b21-19+. The summed E-state index contributed by atoms with van der Waals surface area (Å²) in [4.78, 5) is 32.4. The molecule has 2 aromatic heterocycles. The summed E-state index contributed by atoms with van der Waals surface area (Å²) < 4.78 is 33.3. The van der Waals surface area contributed by atoms with Crippen molar-refractivity contribution < 1.29 is 28.2 Å². The first kappa shape index (κ1) is 22.2. The van der Waals surface area contributed by atoms with Gasteiger partial charge in [0, 0.05) is 16.5 Å². The van der Waals surface area contributed by atoms with Crippen LogP contribution in [0.15, 0.2) is 59.5 Å². The van der Waals surface area contributed by atoms with Crippen LogP contribution in [0.5, 0.6) is 5.75 Å². The number of hydrogen-bond donors (Lipinski definition) is 1. The maximum atomic E-state index is 13.7. The molecule has 1 amide bonds. The van der Waals surface area contributed by atoms with Gasteiger partial charge in [-0.3, -0.25) is 14.5 Å². The van der Waals surface area contributed by atoms with Crippen LogP contribution in [0.1, 0.15) is 23.4 Å². The molecule has 1 N–H and O–H groups in total. The minimum Gasteiger partial charge on any atom is -0.507 e. The van der Waals surface area contributed by atoms with E-state index >= 15 is 0 Å². The van der Waals surface area contributed by atoms with Gasteiger partial charge in [0.25, 0.3) is 5.78 Å². The summed E-state index contributed by atoms with van der Waals surface area (Å²) in [6.07, 6.45) is 0. The zero-order valence-corrected chi connectivity index (χ0v) is 19.3. The average Bonchev–Trinajstić information content (AvgIpc) is 3.53. The molecule has 5 rings (SSSR count).